The maximum absolute atomic E-state index is 2.43. The Kier molecular flexibility index (Phi) is 2.26. The average molecular weight is 175 g/mol. The van der Waals surface area contributed by atoms with Crippen LogP contribution in [0.5, 0.6) is 0 Å². The van der Waals surface area contributed by atoms with Crippen LogP contribution in [0.25, 0.3) is 0 Å². The Labute approximate surface area is 80.4 Å². The van der Waals surface area contributed by atoms with Crippen molar-refractivity contribution in [3.05, 3.63) is 29.8 Å². The van der Waals surface area contributed by atoms with Gasteiger partial charge in [0, 0.05) is 18.8 Å². The molecule has 1 aliphatic rings. The molecule has 70 valence electrons. The fourth-order valence-electron chi connectivity index (χ4n) is 2.24. The maximum atomic E-state index is 2.43. The highest BCUT2D eigenvalue weighted by Crippen LogP contribution is 2.31. The van der Waals surface area contributed by atoms with E-state index in [1.54, 1.807) is 0 Å². The highest BCUT2D eigenvalue weighted by Gasteiger charge is 2.24. The molecule has 1 unspecified atom stereocenters. The Morgan fingerprint density at radius 2 is 2.15 bits per heavy atom. The number of benzene rings is 1. The minimum Gasteiger partial charge on any atom is -0.371 e. The zero-order valence-electron chi connectivity index (χ0n) is 8.46. The number of hydrogen-bond acceptors (Lipinski definition) is 1. The van der Waals surface area contributed by atoms with E-state index >= 15 is 0 Å². The molecule has 0 amide bonds. The van der Waals surface area contributed by atoms with E-state index in [1.165, 1.54) is 30.5 Å². The van der Waals surface area contributed by atoms with Gasteiger partial charge in [0.2, 0.25) is 0 Å². The first-order valence-corrected chi connectivity index (χ1v) is 5.13. The Hall–Kier alpha value is -0.980. The van der Waals surface area contributed by atoms with Crippen molar-refractivity contribution >= 4 is 5.69 Å². The Morgan fingerprint density at radius 3 is 2.85 bits per heavy atom. The summed E-state index contributed by atoms with van der Waals surface area (Å²) in [5, 5.41) is 0. The average Bonchev–Trinajstić information content (AvgIpc) is 2.46. The van der Waals surface area contributed by atoms with Crippen LogP contribution in [0.1, 0.15) is 25.3 Å². The SMILES string of the molecule is CCCC1Cc2ccccc2N1C. The van der Waals surface area contributed by atoms with Gasteiger partial charge in [0.25, 0.3) is 0 Å². The van der Waals surface area contributed by atoms with Gasteiger partial charge in [-0.1, -0.05) is 31.5 Å². The lowest BCUT2D eigenvalue weighted by Gasteiger charge is -2.21. The first-order chi connectivity index (χ1) is 6.33. The van der Waals surface area contributed by atoms with Crippen LogP contribution >= 0.6 is 0 Å². The second-order valence-electron chi connectivity index (χ2n) is 3.89. The van der Waals surface area contributed by atoms with Crippen molar-refractivity contribution in [2.45, 2.75) is 32.2 Å². The third kappa shape index (κ3) is 1.43. The molecule has 0 fully saturated rings. The van der Waals surface area contributed by atoms with Crippen LogP contribution in [-0.4, -0.2) is 13.1 Å². The number of fused-ring (bicyclic) bond motifs is 1. The highest BCUT2D eigenvalue weighted by atomic mass is 15.2. The summed E-state index contributed by atoms with van der Waals surface area (Å²) in [5.74, 6) is 0. The van der Waals surface area contributed by atoms with Gasteiger partial charge in [-0.05, 0) is 24.5 Å². The van der Waals surface area contributed by atoms with Crippen LogP contribution in [0.2, 0.25) is 0 Å². The fourth-order valence-corrected chi connectivity index (χ4v) is 2.24. The molecule has 1 atom stereocenters. The van der Waals surface area contributed by atoms with Gasteiger partial charge < -0.3 is 4.90 Å². The molecule has 0 spiro atoms. The van der Waals surface area contributed by atoms with E-state index in [4.69, 9.17) is 0 Å². The van der Waals surface area contributed by atoms with E-state index in [-0.39, 0.29) is 0 Å². The van der Waals surface area contributed by atoms with E-state index in [1.807, 2.05) is 0 Å². The number of rotatable bonds is 2. The third-order valence-electron chi connectivity index (χ3n) is 3.00. The highest BCUT2D eigenvalue weighted by molar-refractivity contribution is 5.58. The zero-order valence-corrected chi connectivity index (χ0v) is 8.46. The molecule has 0 N–H and O–H groups in total. The lowest BCUT2D eigenvalue weighted by Crippen LogP contribution is -2.27. The van der Waals surface area contributed by atoms with Crippen molar-refractivity contribution < 1.29 is 0 Å². The van der Waals surface area contributed by atoms with Crippen molar-refractivity contribution in [3.63, 3.8) is 0 Å². The van der Waals surface area contributed by atoms with Crippen LogP contribution in [-0.2, 0) is 6.42 Å². The van der Waals surface area contributed by atoms with Crippen LogP contribution < -0.4 is 4.90 Å². The van der Waals surface area contributed by atoms with Crippen LogP contribution in [0.3, 0.4) is 0 Å². The molecule has 1 aromatic carbocycles. The van der Waals surface area contributed by atoms with Crippen molar-refractivity contribution in [1.29, 1.82) is 0 Å². The smallest absolute Gasteiger partial charge is 0.0399 e. The molecular weight excluding hydrogens is 158 g/mol. The predicted octanol–water partition coefficient (Wildman–Crippen LogP) is 2.85. The monoisotopic (exact) mass is 175 g/mol. The van der Waals surface area contributed by atoms with Crippen molar-refractivity contribution in [2.24, 2.45) is 0 Å². The van der Waals surface area contributed by atoms with Gasteiger partial charge in [0.1, 0.15) is 0 Å². The molecule has 2 rings (SSSR count). The quantitative estimate of drug-likeness (QED) is 0.668. The second-order valence-corrected chi connectivity index (χ2v) is 3.89. The van der Waals surface area contributed by atoms with Gasteiger partial charge in [0.15, 0.2) is 0 Å². The van der Waals surface area contributed by atoms with Crippen LogP contribution in [0, 0.1) is 0 Å². The van der Waals surface area contributed by atoms with Crippen molar-refractivity contribution in [1.82, 2.24) is 0 Å². The molecule has 1 heteroatoms. The normalized spacial score (nSPS) is 20.5. The molecule has 1 aromatic rings. The third-order valence-corrected chi connectivity index (χ3v) is 3.00. The number of hydrogen-bond donors (Lipinski definition) is 0. The molecular formula is C12H17N. The number of likely N-dealkylation sites (N-methyl/N-ethyl adjacent to an activating group) is 1. The number of anilines is 1. The predicted molar refractivity (Wildman–Crippen MR) is 57.2 cm³/mol. The lowest BCUT2D eigenvalue weighted by molar-refractivity contribution is 0.598. The molecule has 0 aromatic heterocycles. The topological polar surface area (TPSA) is 3.24 Å². The fraction of sp³-hybridized carbons (Fsp3) is 0.500. The summed E-state index contributed by atoms with van der Waals surface area (Å²) in [7, 11) is 2.21. The maximum Gasteiger partial charge on any atom is 0.0399 e. The van der Waals surface area contributed by atoms with E-state index in [0.29, 0.717) is 0 Å². The molecule has 1 nitrogen and oxygen atoms in total. The first-order valence-electron chi connectivity index (χ1n) is 5.13. The van der Waals surface area contributed by atoms with Crippen LogP contribution in [0.15, 0.2) is 24.3 Å². The van der Waals surface area contributed by atoms with E-state index in [2.05, 4.69) is 43.1 Å². The Balaban J connectivity index is 2.22. The largest absolute Gasteiger partial charge is 0.371 e. The minimum absolute atomic E-state index is 0.738. The molecule has 0 saturated carbocycles. The lowest BCUT2D eigenvalue weighted by atomic mass is 10.1. The molecule has 1 aliphatic heterocycles. The summed E-state index contributed by atoms with van der Waals surface area (Å²) in [6.07, 6.45) is 3.83. The van der Waals surface area contributed by atoms with Crippen molar-refractivity contribution in [3.8, 4) is 0 Å². The standard InChI is InChI=1S/C12H17N/c1-3-6-11-9-10-7-4-5-8-12(10)13(11)2/h4-5,7-8,11H,3,6,9H2,1-2H3. The number of para-hydroxylation sites is 1. The van der Waals surface area contributed by atoms with Gasteiger partial charge in [-0.3, -0.25) is 0 Å². The van der Waals surface area contributed by atoms with Crippen LogP contribution in [0.4, 0.5) is 5.69 Å². The zero-order chi connectivity index (χ0) is 9.26. The first kappa shape index (κ1) is 8.61. The molecule has 0 saturated heterocycles. The molecule has 0 bridgehead atoms. The summed E-state index contributed by atoms with van der Waals surface area (Å²) in [6.45, 7) is 2.26. The summed E-state index contributed by atoms with van der Waals surface area (Å²) in [4.78, 5) is 2.43. The Morgan fingerprint density at radius 1 is 1.38 bits per heavy atom. The van der Waals surface area contributed by atoms with E-state index < -0.39 is 0 Å². The molecule has 0 radical (unpaired) electrons. The summed E-state index contributed by atoms with van der Waals surface area (Å²) < 4.78 is 0. The number of nitrogens with zero attached hydrogens (tertiary/aromatic N) is 1. The molecule has 0 aliphatic carbocycles. The van der Waals surface area contributed by atoms with Gasteiger partial charge >= 0.3 is 0 Å². The van der Waals surface area contributed by atoms with E-state index in [9.17, 15) is 0 Å². The minimum atomic E-state index is 0.738. The Bertz CT molecular complexity index is 293. The second kappa shape index (κ2) is 3.41. The van der Waals surface area contributed by atoms with E-state index in [0.717, 1.165) is 6.04 Å². The summed E-state index contributed by atoms with van der Waals surface area (Å²) in [6, 6.07) is 9.49. The molecule has 1 heterocycles. The van der Waals surface area contributed by atoms with Crippen molar-refractivity contribution in [2.75, 3.05) is 11.9 Å². The van der Waals surface area contributed by atoms with Gasteiger partial charge in [0.05, 0.1) is 0 Å². The summed E-state index contributed by atoms with van der Waals surface area (Å²) >= 11 is 0. The summed E-state index contributed by atoms with van der Waals surface area (Å²) in [5.41, 5.74) is 2.95. The van der Waals surface area contributed by atoms with Gasteiger partial charge in [-0.15, -0.1) is 0 Å². The van der Waals surface area contributed by atoms with Gasteiger partial charge in [-0.25, -0.2) is 0 Å². The van der Waals surface area contributed by atoms with Gasteiger partial charge in [-0.2, -0.15) is 0 Å². The molecule has 13 heavy (non-hydrogen) atoms.